The van der Waals surface area contributed by atoms with Crippen LogP contribution in [0.3, 0.4) is 0 Å². The number of rotatable bonds is 4. The van der Waals surface area contributed by atoms with Crippen molar-refractivity contribution in [3.8, 4) is 0 Å². The summed E-state index contributed by atoms with van der Waals surface area (Å²) >= 11 is 0. The van der Waals surface area contributed by atoms with Gasteiger partial charge in [0.15, 0.2) is 23.2 Å². The predicted octanol–water partition coefficient (Wildman–Crippen LogP) is -1.24. The molecule has 2 aliphatic rings. The molecule has 3 heterocycles. The molecule has 1 saturated carbocycles. The van der Waals surface area contributed by atoms with Gasteiger partial charge in [0.25, 0.3) is 0 Å². The van der Waals surface area contributed by atoms with Gasteiger partial charge in [-0.3, -0.25) is 4.57 Å². The Kier molecular flexibility index (Phi) is 3.25. The van der Waals surface area contributed by atoms with Crippen LogP contribution in [0.1, 0.15) is 12.6 Å². The van der Waals surface area contributed by atoms with E-state index in [1.165, 1.54) is 6.33 Å². The Morgan fingerprint density at radius 1 is 1.46 bits per heavy atom. The van der Waals surface area contributed by atoms with Gasteiger partial charge in [0.2, 0.25) is 5.95 Å². The van der Waals surface area contributed by atoms with Gasteiger partial charge in [0, 0.05) is 18.5 Å². The van der Waals surface area contributed by atoms with E-state index in [0.29, 0.717) is 29.1 Å². The molecule has 0 bridgehead atoms. The monoisotopic (exact) mass is 334 g/mol. The summed E-state index contributed by atoms with van der Waals surface area (Å²) in [5.74, 6) is 0.563. The van der Waals surface area contributed by atoms with Crippen LogP contribution in [0.25, 0.3) is 11.2 Å². The minimum atomic E-state index is -1.02. The molecule has 6 N–H and O–H groups in total. The molecule has 0 aromatic carbocycles. The van der Waals surface area contributed by atoms with E-state index in [4.69, 9.17) is 15.6 Å². The number of anilines is 2. The molecular formula is C14H18N6O4. The Morgan fingerprint density at radius 3 is 2.83 bits per heavy atom. The first-order valence-electron chi connectivity index (χ1n) is 7.55. The van der Waals surface area contributed by atoms with Crippen molar-refractivity contribution in [1.82, 2.24) is 19.5 Å². The zero-order valence-electron chi connectivity index (χ0n) is 12.8. The molecule has 1 spiro atoms. The van der Waals surface area contributed by atoms with E-state index >= 15 is 0 Å². The molecule has 0 amide bonds. The Morgan fingerprint density at radius 2 is 2.21 bits per heavy atom. The second kappa shape index (κ2) is 5.11. The highest BCUT2D eigenvalue weighted by Crippen LogP contribution is 2.55. The minimum Gasteiger partial charge on any atom is -0.395 e. The summed E-state index contributed by atoms with van der Waals surface area (Å²) in [4.78, 5) is 12.5. The molecule has 2 fully saturated rings. The highest BCUT2D eigenvalue weighted by atomic mass is 16.6. The summed E-state index contributed by atoms with van der Waals surface area (Å²) in [6, 6.07) is 0. The topological polar surface area (TPSA) is 152 Å². The Balaban J connectivity index is 1.83. The molecule has 2 aromatic heterocycles. The number of nitrogens with zero attached hydrogens (tertiary/aromatic N) is 4. The molecule has 10 heteroatoms. The third kappa shape index (κ3) is 1.94. The SMILES string of the molecule is C=C1[C@H](n2c(NCCO)nc3c(N)ncnc32)OC2(C[C@H]2O)[C@H]1O. The maximum atomic E-state index is 10.4. The van der Waals surface area contributed by atoms with E-state index in [9.17, 15) is 10.2 Å². The third-order valence-electron chi connectivity index (χ3n) is 4.51. The molecule has 24 heavy (non-hydrogen) atoms. The highest BCUT2D eigenvalue weighted by molar-refractivity contribution is 5.84. The van der Waals surface area contributed by atoms with Crippen molar-refractivity contribution < 1.29 is 20.1 Å². The summed E-state index contributed by atoms with van der Waals surface area (Å²) < 4.78 is 7.53. The number of nitrogens with two attached hydrogens (primary N) is 1. The second-order valence-corrected chi connectivity index (χ2v) is 6.01. The van der Waals surface area contributed by atoms with Gasteiger partial charge in [-0.1, -0.05) is 6.58 Å². The lowest BCUT2D eigenvalue weighted by Crippen LogP contribution is -2.27. The molecule has 10 nitrogen and oxygen atoms in total. The lowest BCUT2D eigenvalue weighted by molar-refractivity contribution is -0.0567. The van der Waals surface area contributed by atoms with E-state index in [1.54, 1.807) is 4.57 Å². The van der Waals surface area contributed by atoms with Crippen molar-refractivity contribution in [2.24, 2.45) is 0 Å². The molecule has 1 aliphatic carbocycles. The van der Waals surface area contributed by atoms with Gasteiger partial charge in [-0.25, -0.2) is 15.0 Å². The molecule has 4 rings (SSSR count). The largest absolute Gasteiger partial charge is 0.395 e. The first-order chi connectivity index (χ1) is 11.5. The van der Waals surface area contributed by atoms with Crippen molar-refractivity contribution in [3.63, 3.8) is 0 Å². The average molecular weight is 334 g/mol. The van der Waals surface area contributed by atoms with Crippen molar-refractivity contribution in [2.75, 3.05) is 24.2 Å². The zero-order chi connectivity index (χ0) is 17.1. The molecule has 2 aromatic rings. The molecular weight excluding hydrogens is 316 g/mol. The van der Waals surface area contributed by atoms with Gasteiger partial charge in [0.05, 0.1) is 12.7 Å². The maximum Gasteiger partial charge on any atom is 0.207 e. The van der Waals surface area contributed by atoms with E-state index in [-0.39, 0.29) is 19.0 Å². The minimum absolute atomic E-state index is 0.0951. The highest BCUT2D eigenvalue weighted by Gasteiger charge is 2.67. The molecule has 1 unspecified atom stereocenters. The number of hydrogen-bond acceptors (Lipinski definition) is 9. The van der Waals surface area contributed by atoms with Crippen LogP contribution in [0.5, 0.6) is 0 Å². The molecule has 4 atom stereocenters. The zero-order valence-corrected chi connectivity index (χ0v) is 12.8. The van der Waals surface area contributed by atoms with E-state index in [2.05, 4.69) is 26.8 Å². The lowest BCUT2D eigenvalue weighted by Gasteiger charge is -2.17. The number of nitrogen functional groups attached to an aromatic ring is 1. The number of imidazole rings is 1. The number of hydrogen-bond donors (Lipinski definition) is 5. The third-order valence-corrected chi connectivity index (χ3v) is 4.51. The van der Waals surface area contributed by atoms with Gasteiger partial charge in [0.1, 0.15) is 18.0 Å². The quantitative estimate of drug-likeness (QED) is 0.432. The van der Waals surface area contributed by atoms with Crippen molar-refractivity contribution in [3.05, 3.63) is 18.5 Å². The average Bonchev–Trinajstić information content (AvgIpc) is 2.96. The van der Waals surface area contributed by atoms with Gasteiger partial charge in [-0.2, -0.15) is 0 Å². The van der Waals surface area contributed by atoms with Crippen LogP contribution < -0.4 is 11.1 Å². The summed E-state index contributed by atoms with van der Waals surface area (Å²) in [6.07, 6.45) is -0.843. The summed E-state index contributed by atoms with van der Waals surface area (Å²) in [6.45, 7) is 4.07. The fraction of sp³-hybridized carbons (Fsp3) is 0.500. The van der Waals surface area contributed by atoms with Gasteiger partial charge < -0.3 is 31.1 Å². The summed E-state index contributed by atoms with van der Waals surface area (Å²) in [5, 5.41) is 32.3. The number of aliphatic hydroxyl groups is 3. The second-order valence-electron chi connectivity index (χ2n) is 6.01. The fourth-order valence-corrected chi connectivity index (χ4v) is 3.12. The van der Waals surface area contributed by atoms with Crippen molar-refractivity contribution in [1.29, 1.82) is 0 Å². The molecule has 1 saturated heterocycles. The number of aromatic nitrogens is 4. The first-order valence-corrected chi connectivity index (χ1v) is 7.55. The Labute approximate surface area is 136 Å². The standard InChI is InChI=1S/C14H18N6O4/c1-6-9(23)14(4-7(14)22)24-12(6)20-11-8(10(15)17-5-18-11)19-13(20)16-2-3-21/h5,7,9,12,21-23H,1-4H2,(H,16,19)(H2,15,17,18)/t7-,9+,12-,14?/m1/s1. The Bertz CT molecular complexity index is 823. The summed E-state index contributed by atoms with van der Waals surface area (Å²) in [5.41, 5.74) is 6.02. The van der Waals surface area contributed by atoms with Crippen molar-refractivity contribution in [2.45, 2.75) is 30.5 Å². The van der Waals surface area contributed by atoms with Crippen LogP contribution in [0.15, 0.2) is 18.5 Å². The maximum absolute atomic E-state index is 10.4. The van der Waals surface area contributed by atoms with Crippen LogP contribution in [-0.2, 0) is 4.74 Å². The summed E-state index contributed by atoms with van der Waals surface area (Å²) in [7, 11) is 0. The van der Waals surface area contributed by atoms with Crippen molar-refractivity contribution >= 4 is 22.9 Å². The molecule has 128 valence electrons. The Hall–Kier alpha value is -2.27. The first kappa shape index (κ1) is 15.3. The van der Waals surface area contributed by atoms with E-state index in [1.807, 2.05) is 0 Å². The number of aliphatic hydroxyl groups excluding tert-OH is 3. The van der Waals surface area contributed by atoms with Gasteiger partial charge >= 0.3 is 0 Å². The smallest absolute Gasteiger partial charge is 0.207 e. The van der Waals surface area contributed by atoms with Crippen LogP contribution in [-0.4, -0.2) is 65.8 Å². The van der Waals surface area contributed by atoms with Gasteiger partial charge in [-0.15, -0.1) is 0 Å². The van der Waals surface area contributed by atoms with Crippen LogP contribution in [0.2, 0.25) is 0 Å². The van der Waals surface area contributed by atoms with E-state index in [0.717, 1.165) is 0 Å². The van der Waals surface area contributed by atoms with Crippen LogP contribution in [0.4, 0.5) is 11.8 Å². The number of fused-ring (bicyclic) bond motifs is 1. The molecule has 1 aliphatic heterocycles. The van der Waals surface area contributed by atoms with Crippen LogP contribution >= 0.6 is 0 Å². The van der Waals surface area contributed by atoms with Gasteiger partial charge in [-0.05, 0) is 0 Å². The molecule has 0 radical (unpaired) electrons. The lowest BCUT2D eigenvalue weighted by atomic mass is 10.1. The predicted molar refractivity (Wildman–Crippen MR) is 83.9 cm³/mol. The number of ether oxygens (including phenoxy) is 1. The van der Waals surface area contributed by atoms with E-state index < -0.39 is 24.0 Å². The fourth-order valence-electron chi connectivity index (χ4n) is 3.12. The normalized spacial score (nSPS) is 32.0. The van der Waals surface area contributed by atoms with Crippen LogP contribution in [0, 0.1) is 0 Å². The number of nitrogens with one attached hydrogen (secondary N) is 1.